The number of nitrogens with one attached hydrogen (secondary N) is 1. The largest absolute Gasteiger partial charge is 0.493 e. The number of thiophene rings is 1. The van der Waals surface area contributed by atoms with Gasteiger partial charge in [0.05, 0.1) is 35.7 Å². The van der Waals surface area contributed by atoms with Gasteiger partial charge in [-0.15, -0.1) is 11.3 Å². The molecule has 0 saturated carbocycles. The first-order chi connectivity index (χ1) is 14.8. The first-order valence-corrected chi connectivity index (χ1v) is 11.2. The summed E-state index contributed by atoms with van der Waals surface area (Å²) in [6.07, 6.45) is 0.774. The van der Waals surface area contributed by atoms with E-state index in [0.717, 1.165) is 51.8 Å². The molecule has 2 aliphatic heterocycles. The Balaban J connectivity index is 1.44. The molecule has 1 saturated heterocycles. The lowest BCUT2D eigenvalue weighted by atomic mass is 10.0. The summed E-state index contributed by atoms with van der Waals surface area (Å²) in [5, 5.41) is 4.38. The maximum atomic E-state index is 13.2. The van der Waals surface area contributed by atoms with Gasteiger partial charge in [0.15, 0.2) is 0 Å². The van der Waals surface area contributed by atoms with Crippen LogP contribution in [0, 0.1) is 0 Å². The van der Waals surface area contributed by atoms with E-state index in [9.17, 15) is 4.79 Å². The van der Waals surface area contributed by atoms with Crippen LogP contribution >= 0.6 is 11.3 Å². The van der Waals surface area contributed by atoms with Crippen molar-refractivity contribution in [2.45, 2.75) is 12.5 Å². The Labute approximate surface area is 180 Å². The molecule has 0 bridgehead atoms. The lowest BCUT2D eigenvalue weighted by Gasteiger charge is -2.28. The third kappa shape index (κ3) is 3.80. The van der Waals surface area contributed by atoms with Gasteiger partial charge in [-0.3, -0.25) is 4.79 Å². The zero-order valence-electron chi connectivity index (χ0n) is 16.7. The average molecular weight is 421 g/mol. The topological polar surface area (TPSA) is 50.8 Å². The number of hydrogen-bond acceptors (Lipinski definition) is 5. The fourth-order valence-electron chi connectivity index (χ4n) is 4.04. The number of fused-ring (bicyclic) bond motifs is 1. The lowest BCUT2D eigenvalue weighted by Crippen LogP contribution is -2.35. The Hall–Kier alpha value is -2.83. The van der Waals surface area contributed by atoms with Crippen molar-refractivity contribution in [3.8, 4) is 16.9 Å². The summed E-state index contributed by atoms with van der Waals surface area (Å²) in [5.41, 5.74) is 3.29. The molecule has 30 heavy (non-hydrogen) atoms. The lowest BCUT2D eigenvalue weighted by molar-refractivity contribution is 0.0929. The van der Waals surface area contributed by atoms with Gasteiger partial charge in [0.25, 0.3) is 5.91 Å². The molecule has 3 heterocycles. The number of carbonyl (C=O) groups excluding carboxylic acids is 1. The molecule has 0 radical (unpaired) electrons. The van der Waals surface area contributed by atoms with Crippen LogP contribution in [0.2, 0.25) is 0 Å². The molecule has 1 aromatic heterocycles. The first kappa shape index (κ1) is 19.2. The highest BCUT2D eigenvalue weighted by molar-refractivity contribution is 7.18. The molecule has 5 rings (SSSR count). The summed E-state index contributed by atoms with van der Waals surface area (Å²) in [4.78, 5) is 16.3. The molecule has 1 amide bonds. The Morgan fingerprint density at radius 1 is 1.00 bits per heavy atom. The van der Waals surface area contributed by atoms with E-state index in [4.69, 9.17) is 9.47 Å². The standard InChI is InChI=1S/C24H24N2O3S/c27-23(25-20-10-13-29-21-9-5-4-8-18(20)21)22-16-19(17-6-2-1-3-7-17)24(30-22)26-11-14-28-15-12-26/h1-9,16,20H,10-15H2,(H,25,27). The van der Waals surface area contributed by atoms with Gasteiger partial charge in [-0.2, -0.15) is 0 Å². The van der Waals surface area contributed by atoms with Crippen LogP contribution in [0.1, 0.15) is 27.7 Å². The number of amides is 1. The SMILES string of the molecule is O=C(NC1CCOc2ccccc21)c1cc(-c2ccccc2)c(N2CCOCC2)s1. The smallest absolute Gasteiger partial charge is 0.261 e. The second-order valence-corrected chi connectivity index (χ2v) is 8.53. The molecule has 2 aromatic carbocycles. The second kappa shape index (κ2) is 8.50. The number of para-hydroxylation sites is 1. The maximum Gasteiger partial charge on any atom is 0.261 e. The zero-order valence-corrected chi connectivity index (χ0v) is 17.5. The number of rotatable bonds is 4. The number of anilines is 1. The minimum atomic E-state index is -0.0310. The van der Waals surface area contributed by atoms with Crippen molar-refractivity contribution in [1.29, 1.82) is 0 Å². The van der Waals surface area contributed by atoms with Crippen molar-refractivity contribution in [3.05, 3.63) is 71.1 Å². The molecule has 1 fully saturated rings. The van der Waals surface area contributed by atoms with E-state index in [1.165, 1.54) is 0 Å². The van der Waals surface area contributed by atoms with Crippen LogP contribution in [0.25, 0.3) is 11.1 Å². The average Bonchev–Trinajstić information content (AvgIpc) is 3.26. The van der Waals surface area contributed by atoms with Gasteiger partial charge in [0.1, 0.15) is 5.75 Å². The highest BCUT2D eigenvalue weighted by Gasteiger charge is 2.26. The second-order valence-electron chi connectivity index (χ2n) is 7.50. The molecule has 1 atom stereocenters. The highest BCUT2D eigenvalue weighted by Crippen LogP contribution is 2.40. The molecular formula is C24H24N2O3S. The Morgan fingerprint density at radius 2 is 1.77 bits per heavy atom. The van der Waals surface area contributed by atoms with Crippen molar-refractivity contribution in [3.63, 3.8) is 0 Å². The molecule has 6 heteroatoms. The molecule has 2 aliphatic rings. The number of ether oxygens (including phenoxy) is 2. The number of carbonyl (C=O) groups is 1. The third-order valence-electron chi connectivity index (χ3n) is 5.58. The Bertz CT molecular complexity index is 1030. The van der Waals surface area contributed by atoms with Crippen molar-refractivity contribution < 1.29 is 14.3 Å². The summed E-state index contributed by atoms with van der Waals surface area (Å²) >= 11 is 1.57. The fraction of sp³-hybridized carbons (Fsp3) is 0.292. The fourth-order valence-corrected chi connectivity index (χ4v) is 5.18. The molecule has 3 aromatic rings. The predicted molar refractivity (Wildman–Crippen MR) is 120 cm³/mol. The summed E-state index contributed by atoms with van der Waals surface area (Å²) in [6, 6.07) is 20.2. The molecule has 0 aliphatic carbocycles. The number of morpholine rings is 1. The Morgan fingerprint density at radius 3 is 2.60 bits per heavy atom. The van der Waals surface area contributed by atoms with E-state index in [2.05, 4.69) is 22.3 Å². The zero-order chi connectivity index (χ0) is 20.3. The normalized spacial score (nSPS) is 18.4. The number of hydrogen-bond donors (Lipinski definition) is 1. The number of benzene rings is 2. The van der Waals surface area contributed by atoms with Gasteiger partial charge in [-0.05, 0) is 17.7 Å². The van der Waals surface area contributed by atoms with Crippen molar-refractivity contribution in [2.24, 2.45) is 0 Å². The summed E-state index contributed by atoms with van der Waals surface area (Å²) in [5.74, 6) is 0.831. The van der Waals surface area contributed by atoms with Crippen molar-refractivity contribution in [1.82, 2.24) is 5.32 Å². The number of nitrogens with zero attached hydrogens (tertiary/aromatic N) is 1. The van der Waals surface area contributed by atoms with Crippen molar-refractivity contribution >= 4 is 22.2 Å². The van der Waals surface area contributed by atoms with Gasteiger partial charge in [0, 0.05) is 30.6 Å². The third-order valence-corrected chi connectivity index (χ3v) is 6.78. The van der Waals surface area contributed by atoms with Gasteiger partial charge in [-0.1, -0.05) is 48.5 Å². The quantitative estimate of drug-likeness (QED) is 0.675. The molecule has 154 valence electrons. The van der Waals surface area contributed by atoms with Gasteiger partial charge >= 0.3 is 0 Å². The van der Waals surface area contributed by atoms with E-state index in [-0.39, 0.29) is 11.9 Å². The van der Waals surface area contributed by atoms with Crippen LogP contribution in [0.15, 0.2) is 60.7 Å². The summed E-state index contributed by atoms with van der Waals surface area (Å²) in [7, 11) is 0. The predicted octanol–water partition coefficient (Wildman–Crippen LogP) is 4.51. The monoisotopic (exact) mass is 420 g/mol. The summed E-state index contributed by atoms with van der Waals surface area (Å²) < 4.78 is 11.3. The first-order valence-electron chi connectivity index (χ1n) is 10.3. The highest BCUT2D eigenvalue weighted by atomic mass is 32.1. The summed E-state index contributed by atoms with van der Waals surface area (Å²) in [6.45, 7) is 3.73. The van der Waals surface area contributed by atoms with E-state index < -0.39 is 0 Å². The van der Waals surface area contributed by atoms with Crippen molar-refractivity contribution in [2.75, 3.05) is 37.8 Å². The van der Waals surface area contributed by atoms with E-state index in [1.54, 1.807) is 11.3 Å². The molecule has 1 unspecified atom stereocenters. The van der Waals surface area contributed by atoms with Gasteiger partial charge < -0.3 is 19.7 Å². The minimum Gasteiger partial charge on any atom is -0.493 e. The maximum absolute atomic E-state index is 13.2. The van der Waals surface area contributed by atoms with Gasteiger partial charge in [0.2, 0.25) is 0 Å². The van der Waals surface area contributed by atoms with Crippen LogP contribution < -0.4 is 15.0 Å². The minimum absolute atomic E-state index is 0.0293. The van der Waals surface area contributed by atoms with E-state index in [1.807, 2.05) is 48.5 Å². The van der Waals surface area contributed by atoms with Crippen LogP contribution in [0.4, 0.5) is 5.00 Å². The molecule has 1 N–H and O–H groups in total. The Kier molecular flexibility index (Phi) is 5.43. The van der Waals surface area contributed by atoms with Crippen LogP contribution in [-0.2, 0) is 4.74 Å². The van der Waals surface area contributed by atoms with E-state index >= 15 is 0 Å². The van der Waals surface area contributed by atoms with Crippen LogP contribution in [0.5, 0.6) is 5.75 Å². The van der Waals surface area contributed by atoms with Crippen LogP contribution in [0.3, 0.4) is 0 Å². The van der Waals surface area contributed by atoms with Gasteiger partial charge in [-0.25, -0.2) is 0 Å². The molecule has 0 spiro atoms. The molecular weight excluding hydrogens is 396 g/mol. The van der Waals surface area contributed by atoms with E-state index in [0.29, 0.717) is 19.8 Å². The molecule has 5 nitrogen and oxygen atoms in total. The van der Waals surface area contributed by atoms with Crippen LogP contribution in [-0.4, -0.2) is 38.8 Å².